The Balaban J connectivity index is 1.43. The van der Waals surface area contributed by atoms with Crippen molar-refractivity contribution in [3.63, 3.8) is 0 Å². The van der Waals surface area contributed by atoms with E-state index in [4.69, 9.17) is 14.6 Å². The van der Waals surface area contributed by atoms with E-state index in [1.54, 1.807) is 13.1 Å². The first-order valence-electron chi connectivity index (χ1n) is 11.9. The van der Waals surface area contributed by atoms with E-state index in [0.29, 0.717) is 22.6 Å². The van der Waals surface area contributed by atoms with Crippen LogP contribution in [-0.2, 0) is 20.2 Å². The lowest BCUT2D eigenvalue weighted by Crippen LogP contribution is -2.35. The molecule has 0 saturated heterocycles. The first kappa shape index (κ1) is 25.8. The molecule has 0 aliphatic carbocycles. The fourth-order valence-electron chi connectivity index (χ4n) is 4.43. The van der Waals surface area contributed by atoms with Crippen LogP contribution in [0.2, 0.25) is 0 Å². The van der Waals surface area contributed by atoms with Gasteiger partial charge in [-0.15, -0.1) is 0 Å². The Bertz CT molecular complexity index is 1590. The minimum atomic E-state index is -1.28. The summed E-state index contributed by atoms with van der Waals surface area (Å²) in [4.78, 5) is 26.1. The molecule has 5 rings (SSSR count). The first-order valence-corrected chi connectivity index (χ1v) is 11.9. The largest absolute Gasteiger partial charge is 0.489 e. The van der Waals surface area contributed by atoms with Gasteiger partial charge >= 0.3 is 5.97 Å². The van der Waals surface area contributed by atoms with Gasteiger partial charge < -0.3 is 19.5 Å². The molecule has 1 aromatic heterocycles. The molecular weight excluding hydrogens is 515 g/mol. The number of halogens is 3. The van der Waals surface area contributed by atoms with Crippen LogP contribution in [0.4, 0.5) is 13.2 Å². The highest BCUT2D eigenvalue weighted by Gasteiger charge is 2.31. The Morgan fingerprint density at radius 1 is 1.08 bits per heavy atom. The molecule has 2 heterocycles. The molecule has 0 bridgehead atoms. The van der Waals surface area contributed by atoms with Crippen molar-refractivity contribution in [3.8, 4) is 22.8 Å². The normalized spacial score (nSPS) is 11.8. The van der Waals surface area contributed by atoms with E-state index in [1.807, 2.05) is 0 Å². The van der Waals surface area contributed by atoms with Crippen molar-refractivity contribution < 1.29 is 37.3 Å². The van der Waals surface area contributed by atoms with Gasteiger partial charge in [0, 0.05) is 30.3 Å². The Kier molecular flexibility index (Phi) is 6.97. The minimum Gasteiger partial charge on any atom is -0.489 e. The van der Waals surface area contributed by atoms with Gasteiger partial charge in [0.25, 0.3) is 5.91 Å². The number of carbonyl (C=O) groups is 2. The molecule has 0 saturated carbocycles. The van der Waals surface area contributed by atoms with Gasteiger partial charge in [-0.2, -0.15) is 5.10 Å². The number of carboxylic acid groups (broad SMARTS) is 1. The fourth-order valence-corrected chi connectivity index (χ4v) is 4.43. The SMILES string of the molecule is Cn1nc(C(=O)N(CCOc2ccc(C(=O)O)cc2F)Cc2ccccc2F)c2c1-c1cc(F)ccc1OC2. The van der Waals surface area contributed by atoms with Crippen LogP contribution in [0.15, 0.2) is 60.7 Å². The Morgan fingerprint density at radius 3 is 2.62 bits per heavy atom. The van der Waals surface area contributed by atoms with E-state index in [0.717, 1.165) is 6.07 Å². The summed E-state index contributed by atoms with van der Waals surface area (Å²) in [5.41, 5.74) is 1.50. The summed E-state index contributed by atoms with van der Waals surface area (Å²) >= 11 is 0. The van der Waals surface area contributed by atoms with E-state index >= 15 is 0 Å². The second-order valence-corrected chi connectivity index (χ2v) is 8.85. The molecule has 0 atom stereocenters. The summed E-state index contributed by atoms with van der Waals surface area (Å²) in [6.07, 6.45) is 0. The average molecular weight is 537 g/mol. The number of aromatic nitrogens is 2. The van der Waals surface area contributed by atoms with Gasteiger partial charge in [-0.05, 0) is 42.5 Å². The van der Waals surface area contributed by atoms with Crippen molar-refractivity contribution in [3.05, 3.63) is 100 Å². The molecule has 200 valence electrons. The zero-order valence-corrected chi connectivity index (χ0v) is 20.7. The van der Waals surface area contributed by atoms with Crippen LogP contribution in [0.1, 0.15) is 32.0 Å². The molecule has 0 spiro atoms. The third-order valence-electron chi connectivity index (χ3n) is 6.32. The van der Waals surface area contributed by atoms with Crippen LogP contribution >= 0.6 is 0 Å². The van der Waals surface area contributed by atoms with Gasteiger partial charge in [-0.25, -0.2) is 18.0 Å². The summed E-state index contributed by atoms with van der Waals surface area (Å²) in [5, 5.41) is 13.4. The Labute approximate surface area is 220 Å². The number of rotatable bonds is 8. The van der Waals surface area contributed by atoms with Crippen molar-refractivity contribution in [1.29, 1.82) is 0 Å². The monoisotopic (exact) mass is 537 g/mol. The second kappa shape index (κ2) is 10.5. The molecular formula is C28H22F3N3O5. The zero-order chi connectivity index (χ0) is 27.7. The van der Waals surface area contributed by atoms with Gasteiger partial charge in [0.1, 0.15) is 30.6 Å². The third kappa shape index (κ3) is 5.15. The number of fused-ring (bicyclic) bond motifs is 3. The van der Waals surface area contributed by atoms with Gasteiger partial charge in [0.05, 0.1) is 17.8 Å². The standard InChI is InChI=1S/C28H22F3N3O5/c1-33-26-19-13-18(29)7-9-23(19)39-15-20(26)25(32-33)27(35)34(14-17-4-2-3-5-21(17)30)10-11-38-24-8-6-16(28(36)37)12-22(24)31/h2-9,12-13H,10-11,14-15H2,1H3,(H,36,37). The van der Waals surface area contributed by atoms with E-state index < -0.39 is 29.3 Å². The number of carboxylic acids is 1. The number of benzene rings is 3. The van der Waals surface area contributed by atoms with Crippen molar-refractivity contribution in [2.24, 2.45) is 7.05 Å². The predicted molar refractivity (Wildman–Crippen MR) is 133 cm³/mol. The van der Waals surface area contributed by atoms with Crippen LogP contribution < -0.4 is 9.47 Å². The summed E-state index contributed by atoms with van der Waals surface area (Å²) < 4.78 is 55.5. The van der Waals surface area contributed by atoms with Crippen LogP contribution in [0.5, 0.6) is 11.5 Å². The smallest absolute Gasteiger partial charge is 0.335 e. The number of aryl methyl sites for hydroxylation is 1. The molecule has 39 heavy (non-hydrogen) atoms. The molecule has 1 aliphatic rings. The summed E-state index contributed by atoms with van der Waals surface area (Å²) in [6, 6.07) is 13.3. The van der Waals surface area contributed by atoms with Crippen molar-refractivity contribution in [2.45, 2.75) is 13.2 Å². The lowest BCUT2D eigenvalue weighted by Gasteiger charge is -2.24. The van der Waals surface area contributed by atoms with Crippen molar-refractivity contribution in [1.82, 2.24) is 14.7 Å². The quantitative estimate of drug-likeness (QED) is 0.347. The van der Waals surface area contributed by atoms with E-state index in [1.165, 1.54) is 58.1 Å². The number of ether oxygens (including phenoxy) is 2. The number of hydrogen-bond acceptors (Lipinski definition) is 5. The number of amides is 1. The molecule has 4 aromatic rings. The highest BCUT2D eigenvalue weighted by atomic mass is 19.1. The molecule has 1 aliphatic heterocycles. The zero-order valence-electron chi connectivity index (χ0n) is 20.7. The van der Waals surface area contributed by atoms with Gasteiger partial charge in [0.2, 0.25) is 0 Å². The topological polar surface area (TPSA) is 93.9 Å². The van der Waals surface area contributed by atoms with Crippen LogP contribution in [0.25, 0.3) is 11.3 Å². The molecule has 0 unspecified atom stereocenters. The van der Waals surface area contributed by atoms with Gasteiger partial charge in [-0.1, -0.05) is 18.2 Å². The van der Waals surface area contributed by atoms with Crippen LogP contribution in [0, 0.1) is 17.5 Å². The highest BCUT2D eigenvalue weighted by molar-refractivity contribution is 5.96. The van der Waals surface area contributed by atoms with Crippen molar-refractivity contribution >= 4 is 11.9 Å². The minimum absolute atomic E-state index is 0.0219. The first-order chi connectivity index (χ1) is 18.7. The summed E-state index contributed by atoms with van der Waals surface area (Å²) in [6.45, 7) is -0.366. The van der Waals surface area contributed by atoms with Gasteiger partial charge in [0.15, 0.2) is 17.3 Å². The Morgan fingerprint density at radius 2 is 1.87 bits per heavy atom. The number of aromatic carboxylic acids is 1. The fraction of sp³-hybridized carbons (Fsp3) is 0.179. The maximum atomic E-state index is 14.5. The van der Waals surface area contributed by atoms with E-state index in [-0.39, 0.29) is 48.9 Å². The molecule has 8 nitrogen and oxygen atoms in total. The highest BCUT2D eigenvalue weighted by Crippen LogP contribution is 2.39. The molecule has 1 amide bonds. The second-order valence-electron chi connectivity index (χ2n) is 8.85. The van der Waals surface area contributed by atoms with Crippen LogP contribution in [-0.4, -0.2) is 44.8 Å². The molecule has 11 heteroatoms. The lowest BCUT2D eigenvalue weighted by molar-refractivity contribution is 0.0688. The molecule has 1 N–H and O–H groups in total. The molecule has 3 aromatic carbocycles. The summed E-state index contributed by atoms with van der Waals surface area (Å²) in [5.74, 6) is -3.43. The van der Waals surface area contributed by atoms with Crippen molar-refractivity contribution in [2.75, 3.05) is 13.2 Å². The maximum absolute atomic E-state index is 14.5. The molecule has 0 fully saturated rings. The number of nitrogens with zero attached hydrogens (tertiary/aromatic N) is 3. The Hall–Kier alpha value is -4.80. The van der Waals surface area contributed by atoms with Crippen LogP contribution in [0.3, 0.4) is 0 Å². The van der Waals surface area contributed by atoms with E-state index in [2.05, 4.69) is 5.10 Å². The van der Waals surface area contributed by atoms with Gasteiger partial charge in [-0.3, -0.25) is 9.48 Å². The number of hydrogen-bond donors (Lipinski definition) is 1. The molecule has 0 radical (unpaired) electrons. The summed E-state index contributed by atoms with van der Waals surface area (Å²) in [7, 11) is 1.63. The lowest BCUT2D eigenvalue weighted by atomic mass is 10.0. The van der Waals surface area contributed by atoms with E-state index in [9.17, 15) is 22.8 Å². The third-order valence-corrected chi connectivity index (χ3v) is 6.32. The average Bonchev–Trinajstić information content (AvgIpc) is 3.26. The predicted octanol–water partition coefficient (Wildman–Crippen LogP) is 4.82. The number of carbonyl (C=O) groups excluding carboxylic acids is 1. The maximum Gasteiger partial charge on any atom is 0.335 e.